The number of aryl methyl sites for hydroxylation is 1. The number of pyridine rings is 1. The number of benzene rings is 2. The van der Waals surface area contributed by atoms with E-state index in [1.807, 2.05) is 49.4 Å². The highest BCUT2D eigenvalue weighted by Crippen LogP contribution is 2.28. The number of amides is 1. The fourth-order valence-electron chi connectivity index (χ4n) is 3.14. The van der Waals surface area contributed by atoms with Gasteiger partial charge in [0.15, 0.2) is 18.2 Å². The van der Waals surface area contributed by atoms with Crippen molar-refractivity contribution in [2.75, 3.05) is 6.61 Å². The second-order valence-corrected chi connectivity index (χ2v) is 7.09. The first-order valence-electron chi connectivity index (χ1n) is 10.1. The van der Waals surface area contributed by atoms with Crippen molar-refractivity contribution < 1.29 is 13.9 Å². The van der Waals surface area contributed by atoms with Crippen LogP contribution in [-0.2, 0) is 11.3 Å². The topological polar surface area (TPSA) is 77.0 Å². The van der Waals surface area contributed by atoms with Crippen molar-refractivity contribution in [3.8, 4) is 28.3 Å². The monoisotopic (exact) mass is 428 g/mol. The number of hydrogen-bond donors (Lipinski definition) is 1. The Morgan fingerprint density at radius 1 is 1.00 bits per heavy atom. The minimum Gasteiger partial charge on any atom is -0.481 e. The highest BCUT2D eigenvalue weighted by atomic mass is 19.1. The van der Waals surface area contributed by atoms with Gasteiger partial charge in [0.25, 0.3) is 5.91 Å². The fraction of sp³-hybridized carbons (Fsp3) is 0.120. The largest absolute Gasteiger partial charge is 0.481 e. The SMILES string of the molecule is Cc1ncc(-c2ccccn2)c(-c2ccc(CNC(=O)COc3ccccc3F)cc2)n1. The summed E-state index contributed by atoms with van der Waals surface area (Å²) in [6, 6.07) is 19.4. The van der Waals surface area contributed by atoms with Gasteiger partial charge in [-0.25, -0.2) is 14.4 Å². The van der Waals surface area contributed by atoms with Gasteiger partial charge in [-0.2, -0.15) is 0 Å². The molecule has 0 aliphatic rings. The molecule has 6 nitrogen and oxygen atoms in total. The molecule has 0 aliphatic heterocycles. The van der Waals surface area contributed by atoms with Crippen LogP contribution in [0.4, 0.5) is 4.39 Å². The number of carbonyl (C=O) groups is 1. The van der Waals surface area contributed by atoms with Crippen molar-refractivity contribution >= 4 is 5.91 Å². The second kappa shape index (κ2) is 9.78. The quantitative estimate of drug-likeness (QED) is 0.474. The number of carbonyl (C=O) groups excluding carboxylic acids is 1. The Balaban J connectivity index is 1.41. The van der Waals surface area contributed by atoms with Crippen LogP contribution in [0.3, 0.4) is 0 Å². The Hall–Kier alpha value is -4.13. The van der Waals surface area contributed by atoms with E-state index in [0.29, 0.717) is 12.4 Å². The molecule has 0 unspecified atom stereocenters. The third-order valence-electron chi connectivity index (χ3n) is 4.76. The second-order valence-electron chi connectivity index (χ2n) is 7.09. The lowest BCUT2D eigenvalue weighted by Gasteiger charge is -2.11. The van der Waals surface area contributed by atoms with E-state index < -0.39 is 5.82 Å². The molecule has 7 heteroatoms. The summed E-state index contributed by atoms with van der Waals surface area (Å²) in [5, 5.41) is 2.77. The Kier molecular flexibility index (Phi) is 6.46. The molecule has 1 amide bonds. The van der Waals surface area contributed by atoms with Gasteiger partial charge in [-0.05, 0) is 36.8 Å². The molecule has 0 atom stereocenters. The van der Waals surface area contributed by atoms with Crippen LogP contribution >= 0.6 is 0 Å². The van der Waals surface area contributed by atoms with Gasteiger partial charge in [0.05, 0.1) is 11.4 Å². The van der Waals surface area contributed by atoms with E-state index in [1.54, 1.807) is 24.5 Å². The van der Waals surface area contributed by atoms with Crippen molar-refractivity contribution in [1.82, 2.24) is 20.3 Å². The molecule has 32 heavy (non-hydrogen) atoms. The van der Waals surface area contributed by atoms with E-state index in [1.165, 1.54) is 12.1 Å². The number of hydrogen-bond acceptors (Lipinski definition) is 5. The van der Waals surface area contributed by atoms with E-state index in [2.05, 4.69) is 20.3 Å². The lowest BCUT2D eigenvalue weighted by atomic mass is 10.0. The number of aromatic nitrogens is 3. The normalized spacial score (nSPS) is 10.6. The molecule has 1 N–H and O–H groups in total. The van der Waals surface area contributed by atoms with Crippen molar-refractivity contribution in [1.29, 1.82) is 0 Å². The summed E-state index contributed by atoms with van der Waals surface area (Å²) >= 11 is 0. The molecule has 4 aromatic rings. The van der Waals surface area contributed by atoms with Gasteiger partial charge >= 0.3 is 0 Å². The average molecular weight is 428 g/mol. The molecule has 4 rings (SSSR count). The molecule has 0 saturated heterocycles. The molecule has 0 bridgehead atoms. The van der Waals surface area contributed by atoms with E-state index in [-0.39, 0.29) is 18.3 Å². The third kappa shape index (κ3) is 5.13. The maximum Gasteiger partial charge on any atom is 0.258 e. The van der Waals surface area contributed by atoms with Crippen LogP contribution in [0.25, 0.3) is 22.5 Å². The predicted octanol–water partition coefficient (Wildman–Crippen LogP) is 4.35. The average Bonchev–Trinajstić information content (AvgIpc) is 2.83. The lowest BCUT2D eigenvalue weighted by Crippen LogP contribution is -2.28. The smallest absolute Gasteiger partial charge is 0.258 e. The van der Waals surface area contributed by atoms with Crippen LogP contribution in [0.1, 0.15) is 11.4 Å². The maximum atomic E-state index is 13.6. The highest BCUT2D eigenvalue weighted by molar-refractivity contribution is 5.79. The molecule has 2 aromatic carbocycles. The molecular weight excluding hydrogens is 407 g/mol. The third-order valence-corrected chi connectivity index (χ3v) is 4.76. The van der Waals surface area contributed by atoms with Gasteiger partial charge in [0.2, 0.25) is 0 Å². The van der Waals surface area contributed by atoms with Crippen molar-refractivity contribution in [3.63, 3.8) is 0 Å². The first-order valence-corrected chi connectivity index (χ1v) is 10.1. The lowest BCUT2D eigenvalue weighted by molar-refractivity contribution is -0.123. The van der Waals surface area contributed by atoms with E-state index in [9.17, 15) is 9.18 Å². The minimum atomic E-state index is -0.499. The number of nitrogens with zero attached hydrogens (tertiary/aromatic N) is 3. The summed E-state index contributed by atoms with van der Waals surface area (Å²) in [6.45, 7) is 1.92. The summed E-state index contributed by atoms with van der Waals surface area (Å²) in [5.74, 6) is -0.108. The molecule has 0 aliphatic carbocycles. The summed E-state index contributed by atoms with van der Waals surface area (Å²) < 4.78 is 18.8. The van der Waals surface area contributed by atoms with Crippen LogP contribution in [0, 0.1) is 12.7 Å². The van der Waals surface area contributed by atoms with Crippen LogP contribution in [0.15, 0.2) is 79.1 Å². The molecule has 0 spiro atoms. The summed E-state index contributed by atoms with van der Waals surface area (Å²) in [5.41, 5.74) is 4.29. The van der Waals surface area contributed by atoms with Crippen LogP contribution in [-0.4, -0.2) is 27.5 Å². The minimum absolute atomic E-state index is 0.0517. The van der Waals surface area contributed by atoms with Gasteiger partial charge in [0.1, 0.15) is 5.82 Å². The summed E-state index contributed by atoms with van der Waals surface area (Å²) in [4.78, 5) is 25.4. The molecule has 2 aromatic heterocycles. The Bertz CT molecular complexity index is 1210. The zero-order valence-corrected chi connectivity index (χ0v) is 17.5. The number of halogens is 1. The van der Waals surface area contributed by atoms with E-state index in [0.717, 1.165) is 28.1 Å². The number of ether oxygens (including phenoxy) is 1. The zero-order valence-electron chi connectivity index (χ0n) is 17.5. The summed E-state index contributed by atoms with van der Waals surface area (Å²) in [7, 11) is 0. The van der Waals surface area contributed by atoms with Crippen molar-refractivity contribution in [2.24, 2.45) is 0 Å². The number of para-hydroxylation sites is 1. The standard InChI is InChI=1S/C25H21FN4O2/c1-17-28-15-20(22-7-4-5-13-27-22)25(30-17)19-11-9-18(10-12-19)14-29-24(31)16-32-23-8-3-2-6-21(23)26/h2-13,15H,14,16H2,1H3,(H,29,31). The van der Waals surface area contributed by atoms with E-state index in [4.69, 9.17) is 4.74 Å². The Labute approximate surface area is 185 Å². The van der Waals surface area contributed by atoms with Gasteiger partial charge in [-0.15, -0.1) is 0 Å². The van der Waals surface area contributed by atoms with Gasteiger partial charge in [-0.1, -0.05) is 42.5 Å². The van der Waals surface area contributed by atoms with Crippen LogP contribution in [0.5, 0.6) is 5.75 Å². The van der Waals surface area contributed by atoms with E-state index >= 15 is 0 Å². The first kappa shape index (κ1) is 21.1. The molecule has 2 heterocycles. The van der Waals surface area contributed by atoms with Gasteiger partial charge in [0, 0.05) is 30.1 Å². The molecule has 160 valence electrons. The number of rotatable bonds is 7. The van der Waals surface area contributed by atoms with Crippen LogP contribution in [0.2, 0.25) is 0 Å². The predicted molar refractivity (Wildman–Crippen MR) is 119 cm³/mol. The Morgan fingerprint density at radius 2 is 1.78 bits per heavy atom. The highest BCUT2D eigenvalue weighted by Gasteiger charge is 2.12. The maximum absolute atomic E-state index is 13.6. The number of nitrogens with one attached hydrogen (secondary N) is 1. The van der Waals surface area contributed by atoms with Gasteiger partial charge in [-0.3, -0.25) is 9.78 Å². The zero-order chi connectivity index (χ0) is 22.3. The first-order chi connectivity index (χ1) is 15.6. The fourth-order valence-corrected chi connectivity index (χ4v) is 3.14. The van der Waals surface area contributed by atoms with Crippen LogP contribution < -0.4 is 10.1 Å². The molecule has 0 radical (unpaired) electrons. The molecule has 0 fully saturated rings. The molecule has 0 saturated carbocycles. The molecular formula is C25H21FN4O2. The summed E-state index contributed by atoms with van der Waals surface area (Å²) in [6.07, 6.45) is 3.52. The Morgan fingerprint density at radius 3 is 2.53 bits per heavy atom. The van der Waals surface area contributed by atoms with Crippen molar-refractivity contribution in [3.05, 3.63) is 96.3 Å². The van der Waals surface area contributed by atoms with Gasteiger partial charge < -0.3 is 10.1 Å². The van der Waals surface area contributed by atoms with Crippen molar-refractivity contribution in [2.45, 2.75) is 13.5 Å².